The van der Waals surface area contributed by atoms with Crippen molar-refractivity contribution in [1.82, 2.24) is 10.3 Å². The molecule has 1 heterocycles. The molecule has 0 unspecified atom stereocenters. The molecule has 1 aromatic carbocycles. The monoisotopic (exact) mass is 376 g/mol. The first kappa shape index (κ1) is 18.6. The predicted molar refractivity (Wildman–Crippen MR) is 104 cm³/mol. The van der Waals surface area contributed by atoms with Crippen molar-refractivity contribution in [1.29, 1.82) is 0 Å². The van der Waals surface area contributed by atoms with Crippen LogP contribution in [0.15, 0.2) is 18.2 Å². The summed E-state index contributed by atoms with van der Waals surface area (Å²) in [6, 6.07) is 5.23. The number of anilines is 2. The normalized spacial score (nSPS) is 15.0. The molecule has 3 rings (SSSR count). The second kappa shape index (κ2) is 8.95. The molecule has 1 fully saturated rings. The number of thiazole rings is 1. The predicted octanol–water partition coefficient (Wildman–Crippen LogP) is 3.58. The van der Waals surface area contributed by atoms with Crippen LogP contribution < -0.4 is 16.0 Å². The summed E-state index contributed by atoms with van der Waals surface area (Å²) >= 11 is 1.45. The minimum atomic E-state index is -0.289. The quantitative estimate of drug-likeness (QED) is 0.672. The van der Waals surface area contributed by atoms with E-state index in [1.54, 1.807) is 13.2 Å². The van der Waals surface area contributed by atoms with Gasteiger partial charge in [0, 0.05) is 25.3 Å². The number of rotatable bonds is 6. The number of fused-ring (bicyclic) bond motifs is 1. The molecule has 0 atom stereocenters. The van der Waals surface area contributed by atoms with Crippen LogP contribution in [0.25, 0.3) is 10.2 Å². The van der Waals surface area contributed by atoms with Crippen LogP contribution in [0.4, 0.5) is 15.6 Å². The molecule has 1 aliphatic rings. The fourth-order valence-corrected chi connectivity index (χ4v) is 3.92. The van der Waals surface area contributed by atoms with Crippen molar-refractivity contribution in [3.05, 3.63) is 18.2 Å². The zero-order chi connectivity index (χ0) is 18.4. The van der Waals surface area contributed by atoms with Crippen molar-refractivity contribution in [2.45, 2.75) is 32.1 Å². The number of amides is 3. The van der Waals surface area contributed by atoms with Crippen molar-refractivity contribution < 1.29 is 14.3 Å². The van der Waals surface area contributed by atoms with Crippen molar-refractivity contribution in [3.63, 3.8) is 0 Å². The first-order valence-corrected chi connectivity index (χ1v) is 9.72. The molecule has 8 heteroatoms. The molecule has 0 spiro atoms. The number of methoxy groups -OCH3 is 1. The highest BCUT2D eigenvalue weighted by molar-refractivity contribution is 7.22. The summed E-state index contributed by atoms with van der Waals surface area (Å²) in [6.45, 7) is 0.904. The molecule has 7 nitrogen and oxygen atoms in total. The number of aromatic nitrogens is 1. The third kappa shape index (κ3) is 4.92. The van der Waals surface area contributed by atoms with Crippen molar-refractivity contribution >= 4 is 44.3 Å². The van der Waals surface area contributed by atoms with Crippen LogP contribution in [-0.2, 0) is 9.53 Å². The van der Waals surface area contributed by atoms with E-state index in [4.69, 9.17) is 4.74 Å². The number of ether oxygens (including phenoxy) is 1. The Hall–Kier alpha value is -2.19. The molecular formula is C18H24N4O3S. The van der Waals surface area contributed by atoms with Crippen LogP contribution in [-0.4, -0.2) is 37.2 Å². The minimum Gasteiger partial charge on any atom is -0.383 e. The van der Waals surface area contributed by atoms with Crippen molar-refractivity contribution in [3.8, 4) is 0 Å². The number of nitrogens with one attached hydrogen (secondary N) is 3. The summed E-state index contributed by atoms with van der Waals surface area (Å²) in [5.41, 5.74) is 1.41. The average molecular weight is 376 g/mol. The van der Waals surface area contributed by atoms with Gasteiger partial charge in [0.25, 0.3) is 0 Å². The number of carbonyl (C=O) groups excluding carboxylic acids is 2. The van der Waals surface area contributed by atoms with Crippen LogP contribution in [0.3, 0.4) is 0 Å². The van der Waals surface area contributed by atoms with Crippen LogP contribution >= 0.6 is 11.3 Å². The zero-order valence-corrected chi connectivity index (χ0v) is 15.7. The van der Waals surface area contributed by atoms with E-state index in [1.165, 1.54) is 17.8 Å². The molecule has 0 bridgehead atoms. The maximum Gasteiger partial charge on any atom is 0.319 e. The summed E-state index contributed by atoms with van der Waals surface area (Å²) in [7, 11) is 1.58. The largest absolute Gasteiger partial charge is 0.383 e. The fraction of sp³-hybridized carbons (Fsp3) is 0.500. The molecule has 1 aliphatic carbocycles. The van der Waals surface area contributed by atoms with E-state index in [2.05, 4.69) is 20.9 Å². The van der Waals surface area contributed by atoms with Gasteiger partial charge in [0.1, 0.15) is 0 Å². The summed E-state index contributed by atoms with van der Waals surface area (Å²) in [6.07, 6.45) is 5.39. The summed E-state index contributed by atoms with van der Waals surface area (Å²) in [5.74, 6) is 0.170. The highest BCUT2D eigenvalue weighted by Gasteiger charge is 2.22. The Balaban J connectivity index is 1.61. The van der Waals surface area contributed by atoms with Gasteiger partial charge < -0.3 is 20.7 Å². The van der Waals surface area contributed by atoms with E-state index >= 15 is 0 Å². The van der Waals surface area contributed by atoms with E-state index in [-0.39, 0.29) is 17.9 Å². The van der Waals surface area contributed by atoms with Crippen LogP contribution in [0.5, 0.6) is 0 Å². The lowest BCUT2D eigenvalue weighted by Gasteiger charge is -2.19. The first-order chi connectivity index (χ1) is 12.7. The van der Waals surface area contributed by atoms with Crippen molar-refractivity contribution in [2.75, 3.05) is 30.9 Å². The summed E-state index contributed by atoms with van der Waals surface area (Å²) in [5, 5.41) is 9.02. The molecule has 0 saturated heterocycles. The maximum atomic E-state index is 12.4. The lowest BCUT2D eigenvalue weighted by Crippen LogP contribution is -2.31. The van der Waals surface area contributed by atoms with E-state index in [1.807, 2.05) is 12.1 Å². The Bertz CT molecular complexity index is 771. The first-order valence-electron chi connectivity index (χ1n) is 8.91. The van der Waals surface area contributed by atoms with Gasteiger partial charge in [0.05, 0.1) is 16.8 Å². The van der Waals surface area contributed by atoms with Gasteiger partial charge in [0.15, 0.2) is 5.13 Å². The van der Waals surface area contributed by atoms with Crippen LogP contribution in [0.1, 0.15) is 32.1 Å². The zero-order valence-electron chi connectivity index (χ0n) is 14.8. The highest BCUT2D eigenvalue weighted by atomic mass is 32.1. The lowest BCUT2D eigenvalue weighted by atomic mass is 9.89. The number of benzene rings is 1. The van der Waals surface area contributed by atoms with Crippen molar-refractivity contribution in [2.24, 2.45) is 5.92 Å². The molecule has 3 amide bonds. The van der Waals surface area contributed by atoms with Gasteiger partial charge >= 0.3 is 6.03 Å². The SMILES string of the molecule is COCCNC(=O)Nc1ccc2sc(NC(=O)C3CCCCC3)nc2c1. The van der Waals surface area contributed by atoms with Gasteiger partial charge in [-0.15, -0.1) is 0 Å². The minimum absolute atomic E-state index is 0.0691. The second-order valence-electron chi connectivity index (χ2n) is 6.40. The van der Waals surface area contributed by atoms with Gasteiger partial charge in [-0.1, -0.05) is 30.6 Å². The number of urea groups is 1. The topological polar surface area (TPSA) is 92.4 Å². The third-order valence-electron chi connectivity index (χ3n) is 4.44. The Morgan fingerprint density at radius 1 is 1.23 bits per heavy atom. The lowest BCUT2D eigenvalue weighted by molar-refractivity contribution is -0.120. The summed E-state index contributed by atoms with van der Waals surface area (Å²) < 4.78 is 5.86. The molecule has 1 aromatic heterocycles. The standard InChI is InChI=1S/C18H24N4O3S/c1-25-10-9-19-17(24)20-13-7-8-15-14(11-13)21-18(26-15)22-16(23)12-5-3-2-4-6-12/h7-8,11-12H,2-6,9-10H2,1H3,(H2,19,20,24)(H,21,22,23). The molecule has 2 aromatic rings. The molecule has 0 radical (unpaired) electrons. The molecule has 3 N–H and O–H groups in total. The molecule has 0 aliphatic heterocycles. The second-order valence-corrected chi connectivity index (χ2v) is 7.43. The number of nitrogens with zero attached hydrogens (tertiary/aromatic N) is 1. The van der Waals surface area contributed by atoms with E-state index < -0.39 is 0 Å². The van der Waals surface area contributed by atoms with Gasteiger partial charge in [-0.25, -0.2) is 9.78 Å². The summed E-state index contributed by atoms with van der Waals surface area (Å²) in [4.78, 5) is 28.6. The molecule has 26 heavy (non-hydrogen) atoms. The Morgan fingerprint density at radius 2 is 2.04 bits per heavy atom. The van der Waals surface area contributed by atoms with Gasteiger partial charge in [-0.05, 0) is 31.0 Å². The maximum absolute atomic E-state index is 12.4. The van der Waals surface area contributed by atoms with Crippen LogP contribution in [0.2, 0.25) is 0 Å². The van der Waals surface area contributed by atoms with Gasteiger partial charge in [-0.2, -0.15) is 0 Å². The number of carbonyl (C=O) groups is 2. The molecule has 1 saturated carbocycles. The fourth-order valence-electron chi connectivity index (χ4n) is 3.07. The van der Waals surface area contributed by atoms with Gasteiger partial charge in [-0.3, -0.25) is 4.79 Å². The Morgan fingerprint density at radius 3 is 2.81 bits per heavy atom. The van der Waals surface area contributed by atoms with Crippen LogP contribution in [0, 0.1) is 5.92 Å². The van der Waals surface area contributed by atoms with Gasteiger partial charge in [0.2, 0.25) is 5.91 Å². The van der Waals surface area contributed by atoms with E-state index in [0.717, 1.165) is 35.9 Å². The Labute approximate surface area is 156 Å². The van der Waals surface area contributed by atoms with E-state index in [9.17, 15) is 9.59 Å². The molecule has 140 valence electrons. The number of hydrogen-bond acceptors (Lipinski definition) is 5. The smallest absolute Gasteiger partial charge is 0.319 e. The highest BCUT2D eigenvalue weighted by Crippen LogP contribution is 2.30. The Kier molecular flexibility index (Phi) is 6.40. The van der Waals surface area contributed by atoms with E-state index in [0.29, 0.717) is 24.0 Å². The number of hydrogen-bond donors (Lipinski definition) is 3. The average Bonchev–Trinajstić information content (AvgIpc) is 3.04. The molecular weight excluding hydrogens is 352 g/mol. The third-order valence-corrected chi connectivity index (χ3v) is 5.40.